The van der Waals surface area contributed by atoms with E-state index in [0.29, 0.717) is 23.6 Å². The first-order valence-electron chi connectivity index (χ1n) is 5.93. The Morgan fingerprint density at radius 1 is 1.32 bits per heavy atom. The highest BCUT2D eigenvalue weighted by Crippen LogP contribution is 2.15. The fourth-order valence-corrected chi connectivity index (χ4v) is 1.79. The summed E-state index contributed by atoms with van der Waals surface area (Å²) in [4.78, 5) is 6.08. The SMILES string of the molecule is Cc1ccc(CN(C)c2cccc(C#N)n2)cc1F. The van der Waals surface area contributed by atoms with E-state index in [-0.39, 0.29) is 5.82 Å². The highest BCUT2D eigenvalue weighted by Gasteiger charge is 2.06. The maximum Gasteiger partial charge on any atom is 0.142 e. The van der Waals surface area contributed by atoms with Gasteiger partial charge in [0.1, 0.15) is 23.4 Å². The molecule has 0 fully saturated rings. The Bertz CT molecular complexity index is 632. The molecule has 0 saturated heterocycles. The van der Waals surface area contributed by atoms with Crippen LogP contribution in [0.15, 0.2) is 36.4 Å². The van der Waals surface area contributed by atoms with Crippen molar-refractivity contribution in [1.82, 2.24) is 4.98 Å². The molecular formula is C15H14FN3. The highest BCUT2D eigenvalue weighted by molar-refractivity contribution is 5.41. The number of anilines is 1. The van der Waals surface area contributed by atoms with Gasteiger partial charge in [0.25, 0.3) is 0 Å². The second-order valence-electron chi connectivity index (χ2n) is 4.43. The highest BCUT2D eigenvalue weighted by atomic mass is 19.1. The van der Waals surface area contributed by atoms with Crippen molar-refractivity contribution < 1.29 is 4.39 Å². The Kier molecular flexibility index (Phi) is 3.76. The molecule has 0 N–H and O–H groups in total. The topological polar surface area (TPSA) is 39.9 Å². The molecular weight excluding hydrogens is 241 g/mol. The molecule has 19 heavy (non-hydrogen) atoms. The molecule has 0 unspecified atom stereocenters. The molecule has 0 amide bonds. The van der Waals surface area contributed by atoms with Crippen LogP contribution in [0.4, 0.5) is 10.2 Å². The molecule has 1 aromatic heterocycles. The summed E-state index contributed by atoms with van der Waals surface area (Å²) >= 11 is 0. The summed E-state index contributed by atoms with van der Waals surface area (Å²) in [6.07, 6.45) is 0. The Labute approximate surface area is 111 Å². The van der Waals surface area contributed by atoms with Crippen LogP contribution < -0.4 is 4.90 Å². The molecule has 0 atom stereocenters. The predicted molar refractivity (Wildman–Crippen MR) is 72.2 cm³/mol. The van der Waals surface area contributed by atoms with Crippen LogP contribution in [0.5, 0.6) is 0 Å². The molecule has 0 aliphatic carbocycles. The quantitative estimate of drug-likeness (QED) is 0.846. The van der Waals surface area contributed by atoms with Crippen molar-refractivity contribution >= 4 is 5.82 Å². The largest absolute Gasteiger partial charge is 0.355 e. The lowest BCUT2D eigenvalue weighted by Crippen LogP contribution is -2.18. The van der Waals surface area contributed by atoms with Crippen molar-refractivity contribution in [2.45, 2.75) is 13.5 Å². The number of aryl methyl sites for hydroxylation is 1. The molecule has 4 heteroatoms. The van der Waals surface area contributed by atoms with E-state index in [9.17, 15) is 4.39 Å². The van der Waals surface area contributed by atoms with E-state index < -0.39 is 0 Å². The molecule has 96 valence electrons. The number of nitriles is 1. The molecule has 0 bridgehead atoms. The molecule has 1 heterocycles. The first-order valence-corrected chi connectivity index (χ1v) is 5.93. The van der Waals surface area contributed by atoms with Crippen LogP contribution >= 0.6 is 0 Å². The van der Waals surface area contributed by atoms with Gasteiger partial charge in [-0.15, -0.1) is 0 Å². The molecule has 3 nitrogen and oxygen atoms in total. The molecule has 0 aliphatic heterocycles. The van der Waals surface area contributed by atoms with E-state index in [1.807, 2.05) is 30.1 Å². The lowest BCUT2D eigenvalue weighted by atomic mass is 10.1. The fraction of sp³-hybridized carbons (Fsp3) is 0.200. The third-order valence-corrected chi connectivity index (χ3v) is 2.90. The summed E-state index contributed by atoms with van der Waals surface area (Å²) < 4.78 is 13.5. The van der Waals surface area contributed by atoms with Gasteiger partial charge in [-0.2, -0.15) is 5.26 Å². The van der Waals surface area contributed by atoms with E-state index in [2.05, 4.69) is 4.98 Å². The summed E-state index contributed by atoms with van der Waals surface area (Å²) in [5, 5.41) is 8.82. The van der Waals surface area contributed by atoms with Crippen LogP contribution in [0.2, 0.25) is 0 Å². The van der Waals surface area contributed by atoms with Gasteiger partial charge >= 0.3 is 0 Å². The zero-order valence-corrected chi connectivity index (χ0v) is 10.9. The van der Waals surface area contributed by atoms with Gasteiger partial charge in [-0.1, -0.05) is 18.2 Å². The van der Waals surface area contributed by atoms with Crippen molar-refractivity contribution in [2.75, 3.05) is 11.9 Å². The minimum Gasteiger partial charge on any atom is -0.355 e. The fourth-order valence-electron chi connectivity index (χ4n) is 1.79. The molecule has 0 saturated carbocycles. The number of hydrogen-bond acceptors (Lipinski definition) is 3. The normalized spacial score (nSPS) is 10.0. The zero-order chi connectivity index (χ0) is 13.8. The van der Waals surface area contributed by atoms with Gasteiger partial charge in [0, 0.05) is 13.6 Å². The summed E-state index contributed by atoms with van der Waals surface area (Å²) in [5.41, 5.74) is 1.88. The van der Waals surface area contributed by atoms with E-state index in [0.717, 1.165) is 5.56 Å². The Morgan fingerprint density at radius 3 is 2.79 bits per heavy atom. The van der Waals surface area contributed by atoms with Crippen LogP contribution in [0.1, 0.15) is 16.8 Å². The number of pyridine rings is 1. The average molecular weight is 255 g/mol. The molecule has 0 spiro atoms. The van der Waals surface area contributed by atoms with Crippen LogP contribution in [0.3, 0.4) is 0 Å². The molecule has 2 rings (SSSR count). The van der Waals surface area contributed by atoms with Crippen LogP contribution in [0, 0.1) is 24.1 Å². The number of nitrogens with zero attached hydrogens (tertiary/aromatic N) is 3. The Morgan fingerprint density at radius 2 is 2.11 bits per heavy atom. The lowest BCUT2D eigenvalue weighted by Gasteiger charge is -2.18. The van der Waals surface area contributed by atoms with Crippen molar-refractivity contribution in [3.63, 3.8) is 0 Å². The summed E-state index contributed by atoms with van der Waals surface area (Å²) in [5.74, 6) is 0.490. The first kappa shape index (κ1) is 13.0. The van der Waals surface area contributed by atoms with Crippen molar-refractivity contribution in [3.05, 3.63) is 59.0 Å². The predicted octanol–water partition coefficient (Wildman–Crippen LogP) is 3.04. The van der Waals surface area contributed by atoms with Crippen LogP contribution in [-0.4, -0.2) is 12.0 Å². The van der Waals surface area contributed by atoms with E-state index in [4.69, 9.17) is 5.26 Å². The third-order valence-electron chi connectivity index (χ3n) is 2.90. The van der Waals surface area contributed by atoms with Gasteiger partial charge < -0.3 is 4.90 Å². The van der Waals surface area contributed by atoms with Gasteiger partial charge in [0.15, 0.2) is 0 Å². The van der Waals surface area contributed by atoms with E-state index in [1.165, 1.54) is 6.07 Å². The van der Waals surface area contributed by atoms with Gasteiger partial charge in [-0.25, -0.2) is 9.37 Å². The van der Waals surface area contributed by atoms with Crippen molar-refractivity contribution in [1.29, 1.82) is 5.26 Å². The average Bonchev–Trinajstić information content (AvgIpc) is 2.43. The Hall–Kier alpha value is -2.41. The summed E-state index contributed by atoms with van der Waals surface area (Å²) in [6, 6.07) is 12.5. The number of aromatic nitrogens is 1. The monoisotopic (exact) mass is 255 g/mol. The smallest absolute Gasteiger partial charge is 0.142 e. The third kappa shape index (κ3) is 3.08. The summed E-state index contributed by atoms with van der Waals surface area (Å²) in [7, 11) is 1.86. The maximum absolute atomic E-state index is 13.5. The van der Waals surface area contributed by atoms with Gasteiger partial charge in [0.2, 0.25) is 0 Å². The number of rotatable bonds is 3. The first-order chi connectivity index (χ1) is 9.10. The Balaban J connectivity index is 2.18. The minimum atomic E-state index is -0.204. The lowest BCUT2D eigenvalue weighted by molar-refractivity contribution is 0.615. The minimum absolute atomic E-state index is 0.204. The molecule has 1 aromatic carbocycles. The molecule has 2 aromatic rings. The second kappa shape index (κ2) is 5.49. The van der Waals surface area contributed by atoms with Crippen molar-refractivity contribution in [3.8, 4) is 6.07 Å². The number of halogens is 1. The maximum atomic E-state index is 13.5. The molecule has 0 radical (unpaired) electrons. The standard InChI is InChI=1S/C15H14FN3/c1-11-6-7-12(8-14(11)16)10-19(2)15-5-3-4-13(9-17)18-15/h3-8H,10H2,1-2H3. The number of hydrogen-bond donors (Lipinski definition) is 0. The van der Waals surface area contributed by atoms with Crippen LogP contribution in [-0.2, 0) is 6.54 Å². The van der Waals surface area contributed by atoms with Gasteiger partial charge in [-0.3, -0.25) is 0 Å². The number of benzene rings is 1. The van der Waals surface area contributed by atoms with E-state index >= 15 is 0 Å². The van der Waals surface area contributed by atoms with Gasteiger partial charge in [-0.05, 0) is 36.2 Å². The van der Waals surface area contributed by atoms with Gasteiger partial charge in [0.05, 0.1) is 0 Å². The van der Waals surface area contributed by atoms with Crippen LogP contribution in [0.25, 0.3) is 0 Å². The van der Waals surface area contributed by atoms with Crippen molar-refractivity contribution in [2.24, 2.45) is 0 Å². The molecule has 0 aliphatic rings. The zero-order valence-electron chi connectivity index (χ0n) is 10.9. The second-order valence-corrected chi connectivity index (χ2v) is 4.43. The van der Waals surface area contributed by atoms with E-state index in [1.54, 1.807) is 25.1 Å². The summed E-state index contributed by atoms with van der Waals surface area (Å²) in [6.45, 7) is 2.28.